The van der Waals surface area contributed by atoms with Gasteiger partial charge in [-0.3, -0.25) is 0 Å². The summed E-state index contributed by atoms with van der Waals surface area (Å²) in [6.45, 7) is 18.7. The van der Waals surface area contributed by atoms with Crippen LogP contribution >= 0.6 is 0 Å². The smallest absolute Gasteiger partial charge is 0.00500 e. The molecule has 0 unspecified atom stereocenters. The van der Waals surface area contributed by atoms with Crippen molar-refractivity contribution in [1.82, 2.24) is 0 Å². The van der Waals surface area contributed by atoms with Gasteiger partial charge >= 0.3 is 0 Å². The Kier molecular flexibility index (Phi) is 4.30. The molecule has 0 spiro atoms. The van der Waals surface area contributed by atoms with Gasteiger partial charge in [0.05, 0.1) is 0 Å². The van der Waals surface area contributed by atoms with Crippen LogP contribution in [0.3, 0.4) is 0 Å². The van der Waals surface area contributed by atoms with Crippen LogP contribution < -0.4 is 0 Å². The largest absolute Gasteiger partial charge is 0.0622 e. The van der Waals surface area contributed by atoms with Crippen LogP contribution in [-0.4, -0.2) is 0 Å². The lowest BCUT2D eigenvalue weighted by Crippen LogP contribution is -2.40. The molecule has 1 aromatic carbocycles. The maximum Gasteiger partial charge on any atom is -0.00500 e. The van der Waals surface area contributed by atoms with E-state index in [1.165, 1.54) is 11.1 Å². The average molecular weight is 246 g/mol. The molecule has 0 amide bonds. The number of hydrogen-bond donors (Lipinski definition) is 0. The van der Waals surface area contributed by atoms with Crippen LogP contribution in [0.2, 0.25) is 0 Å². The second-order valence-corrected chi connectivity index (χ2v) is 7.28. The summed E-state index contributed by atoms with van der Waals surface area (Å²) in [5.74, 6) is 1.28. The van der Waals surface area contributed by atoms with Gasteiger partial charge in [-0.2, -0.15) is 0 Å². The highest BCUT2D eigenvalue weighted by molar-refractivity contribution is 5.31. The van der Waals surface area contributed by atoms with E-state index in [-0.39, 0.29) is 10.8 Å². The van der Waals surface area contributed by atoms with Crippen molar-refractivity contribution >= 4 is 0 Å². The lowest BCUT2D eigenvalue weighted by molar-refractivity contribution is 0.126. The van der Waals surface area contributed by atoms with Crippen molar-refractivity contribution in [2.75, 3.05) is 0 Å². The van der Waals surface area contributed by atoms with Crippen LogP contribution in [0.25, 0.3) is 0 Å². The lowest BCUT2D eigenvalue weighted by atomic mass is 9.59. The van der Waals surface area contributed by atoms with Gasteiger partial charge in [-0.25, -0.2) is 0 Å². The molecule has 0 saturated carbocycles. The molecule has 1 rings (SSSR count). The standard InChI is InChI=1S/C18H30/c1-13(2)15-9-11-16(12-10-15)18(7,8)17(5,6)14(3)4/h9-14H,1-8H3. The summed E-state index contributed by atoms with van der Waals surface area (Å²) in [4.78, 5) is 0. The quantitative estimate of drug-likeness (QED) is 0.632. The van der Waals surface area contributed by atoms with Crippen molar-refractivity contribution in [3.63, 3.8) is 0 Å². The van der Waals surface area contributed by atoms with E-state index < -0.39 is 0 Å². The fraction of sp³-hybridized carbons (Fsp3) is 0.667. The second-order valence-electron chi connectivity index (χ2n) is 7.28. The van der Waals surface area contributed by atoms with E-state index in [4.69, 9.17) is 0 Å². The van der Waals surface area contributed by atoms with Gasteiger partial charge in [0.2, 0.25) is 0 Å². The Hall–Kier alpha value is -0.780. The van der Waals surface area contributed by atoms with Crippen molar-refractivity contribution in [2.45, 2.75) is 66.7 Å². The minimum atomic E-state index is 0.191. The molecule has 0 fully saturated rings. The Bertz CT molecular complexity index is 377. The molecule has 0 aliphatic heterocycles. The first-order chi connectivity index (χ1) is 8.10. The van der Waals surface area contributed by atoms with E-state index in [9.17, 15) is 0 Å². The Labute approximate surface area is 114 Å². The first-order valence-corrected chi connectivity index (χ1v) is 7.21. The van der Waals surface area contributed by atoms with Crippen LogP contribution in [0.4, 0.5) is 0 Å². The molecule has 0 saturated heterocycles. The van der Waals surface area contributed by atoms with Crippen molar-refractivity contribution in [2.24, 2.45) is 11.3 Å². The summed E-state index contributed by atoms with van der Waals surface area (Å²) in [5.41, 5.74) is 3.35. The molecule has 0 bridgehead atoms. The van der Waals surface area contributed by atoms with E-state index in [0.29, 0.717) is 11.8 Å². The van der Waals surface area contributed by atoms with Gasteiger partial charge in [-0.05, 0) is 33.8 Å². The fourth-order valence-electron chi connectivity index (χ4n) is 2.38. The van der Waals surface area contributed by atoms with Crippen molar-refractivity contribution in [3.05, 3.63) is 35.4 Å². The van der Waals surface area contributed by atoms with Crippen LogP contribution in [0.1, 0.15) is 72.4 Å². The van der Waals surface area contributed by atoms with E-state index in [0.717, 1.165) is 0 Å². The zero-order valence-electron chi connectivity index (χ0n) is 13.5. The molecule has 18 heavy (non-hydrogen) atoms. The zero-order valence-corrected chi connectivity index (χ0v) is 13.5. The molecule has 102 valence electrons. The Morgan fingerprint density at radius 3 is 1.56 bits per heavy atom. The third kappa shape index (κ3) is 2.63. The zero-order chi connectivity index (χ0) is 14.1. The van der Waals surface area contributed by atoms with E-state index >= 15 is 0 Å². The van der Waals surface area contributed by atoms with Gasteiger partial charge in [-0.1, -0.05) is 79.7 Å². The number of rotatable bonds is 4. The minimum absolute atomic E-state index is 0.191. The summed E-state index contributed by atoms with van der Waals surface area (Å²) >= 11 is 0. The molecular formula is C18H30. The molecular weight excluding hydrogens is 216 g/mol. The third-order valence-electron chi connectivity index (χ3n) is 5.35. The molecule has 0 heteroatoms. The predicted molar refractivity (Wildman–Crippen MR) is 82.2 cm³/mol. The van der Waals surface area contributed by atoms with E-state index in [2.05, 4.69) is 79.7 Å². The molecule has 0 heterocycles. The second kappa shape index (κ2) is 5.07. The molecule has 0 N–H and O–H groups in total. The Morgan fingerprint density at radius 2 is 1.22 bits per heavy atom. The van der Waals surface area contributed by atoms with Gasteiger partial charge in [0, 0.05) is 0 Å². The molecule has 0 aliphatic rings. The van der Waals surface area contributed by atoms with Crippen LogP contribution in [-0.2, 0) is 5.41 Å². The van der Waals surface area contributed by atoms with E-state index in [1.54, 1.807) is 0 Å². The topological polar surface area (TPSA) is 0 Å². The van der Waals surface area contributed by atoms with Gasteiger partial charge < -0.3 is 0 Å². The summed E-state index contributed by atoms with van der Waals surface area (Å²) in [5, 5.41) is 0. The first kappa shape index (κ1) is 15.3. The van der Waals surface area contributed by atoms with Gasteiger partial charge in [0.25, 0.3) is 0 Å². The summed E-state index contributed by atoms with van der Waals surface area (Å²) < 4.78 is 0. The summed E-state index contributed by atoms with van der Waals surface area (Å²) in [6, 6.07) is 9.22. The molecule has 0 radical (unpaired) electrons. The normalized spacial score (nSPS) is 13.4. The number of benzene rings is 1. The lowest BCUT2D eigenvalue weighted by Gasteiger charge is -2.45. The van der Waals surface area contributed by atoms with Crippen LogP contribution in [0.5, 0.6) is 0 Å². The van der Waals surface area contributed by atoms with E-state index in [1.807, 2.05) is 0 Å². The minimum Gasteiger partial charge on any atom is -0.0622 e. The van der Waals surface area contributed by atoms with Gasteiger partial charge in [-0.15, -0.1) is 0 Å². The molecule has 0 atom stereocenters. The Morgan fingerprint density at radius 1 is 0.778 bits per heavy atom. The monoisotopic (exact) mass is 246 g/mol. The highest BCUT2D eigenvalue weighted by atomic mass is 14.4. The first-order valence-electron chi connectivity index (χ1n) is 7.21. The predicted octanol–water partition coefficient (Wildman–Crippen LogP) is 5.77. The van der Waals surface area contributed by atoms with Gasteiger partial charge in [0.1, 0.15) is 0 Å². The SMILES string of the molecule is CC(C)c1ccc(C(C)(C)C(C)(C)C(C)C)cc1. The summed E-state index contributed by atoms with van der Waals surface area (Å²) in [6.07, 6.45) is 0. The van der Waals surface area contributed by atoms with Crippen molar-refractivity contribution in [3.8, 4) is 0 Å². The average Bonchev–Trinajstić information content (AvgIpc) is 2.28. The highest BCUT2D eigenvalue weighted by Gasteiger charge is 2.40. The molecule has 1 aromatic rings. The Balaban J connectivity index is 3.13. The van der Waals surface area contributed by atoms with Gasteiger partial charge in [0.15, 0.2) is 0 Å². The van der Waals surface area contributed by atoms with Crippen LogP contribution in [0, 0.1) is 11.3 Å². The molecule has 0 nitrogen and oxygen atoms in total. The maximum absolute atomic E-state index is 2.38. The fourth-order valence-corrected chi connectivity index (χ4v) is 2.38. The van der Waals surface area contributed by atoms with Crippen molar-refractivity contribution in [1.29, 1.82) is 0 Å². The maximum atomic E-state index is 2.38. The highest BCUT2D eigenvalue weighted by Crippen LogP contribution is 2.46. The third-order valence-corrected chi connectivity index (χ3v) is 5.35. The number of hydrogen-bond acceptors (Lipinski definition) is 0. The summed E-state index contributed by atoms with van der Waals surface area (Å²) in [7, 11) is 0. The molecule has 0 aliphatic carbocycles. The van der Waals surface area contributed by atoms with Crippen molar-refractivity contribution < 1.29 is 0 Å². The van der Waals surface area contributed by atoms with Crippen LogP contribution in [0.15, 0.2) is 24.3 Å². The molecule has 0 aromatic heterocycles.